The van der Waals surface area contributed by atoms with Crippen LogP contribution in [0.15, 0.2) is 91.0 Å². The van der Waals surface area contributed by atoms with Gasteiger partial charge < -0.3 is 5.11 Å². The van der Waals surface area contributed by atoms with Crippen molar-refractivity contribution in [3.63, 3.8) is 0 Å². The first-order valence-corrected chi connectivity index (χ1v) is 9.35. The Bertz CT molecular complexity index is 1190. The van der Waals surface area contributed by atoms with E-state index in [0.29, 0.717) is 5.56 Å². The topological polar surface area (TPSA) is 37.3 Å². The summed E-state index contributed by atoms with van der Waals surface area (Å²) in [5.74, 6) is -0.902. The van der Waals surface area contributed by atoms with Crippen LogP contribution in [0.2, 0.25) is 0 Å². The maximum atomic E-state index is 11.0. The van der Waals surface area contributed by atoms with E-state index in [-0.39, 0.29) is 0 Å². The number of aromatic carboxylic acids is 1. The maximum absolute atomic E-state index is 11.0. The highest BCUT2D eigenvalue weighted by molar-refractivity contribution is 5.88. The minimum atomic E-state index is -0.902. The molecule has 2 heteroatoms. The number of hydrogen-bond donors (Lipinski definition) is 1. The summed E-state index contributed by atoms with van der Waals surface area (Å²) in [4.78, 5) is 11.0. The molecule has 0 aromatic heterocycles. The van der Waals surface area contributed by atoms with Gasteiger partial charge in [-0.15, -0.1) is 0 Å². The Balaban J connectivity index is 1.50. The van der Waals surface area contributed by atoms with Crippen LogP contribution < -0.4 is 0 Å². The molecule has 2 nitrogen and oxygen atoms in total. The van der Waals surface area contributed by atoms with Gasteiger partial charge in [0.15, 0.2) is 0 Å². The van der Waals surface area contributed by atoms with Gasteiger partial charge in [0.25, 0.3) is 0 Å². The lowest BCUT2D eigenvalue weighted by molar-refractivity contribution is 0.0697. The largest absolute Gasteiger partial charge is 0.478 e. The molecule has 5 rings (SSSR count). The summed E-state index contributed by atoms with van der Waals surface area (Å²) in [5, 5.41) is 9.05. The maximum Gasteiger partial charge on any atom is 0.335 e. The van der Waals surface area contributed by atoms with Gasteiger partial charge in [-0.1, -0.05) is 78.9 Å². The molecule has 0 bridgehead atoms. The third kappa shape index (κ3) is 2.71. The van der Waals surface area contributed by atoms with Crippen molar-refractivity contribution in [2.45, 2.75) is 6.42 Å². The standard InChI is InChI=1S/C26H18O2/c27-26(28)20-14-10-18(11-15-20)17-8-12-19(13-9-17)22-6-3-7-24-23-5-2-1-4-21(23)16-25(22)24/h1-15H,16H2,(H,27,28). The van der Waals surface area contributed by atoms with Gasteiger partial charge in [-0.25, -0.2) is 4.79 Å². The van der Waals surface area contributed by atoms with Gasteiger partial charge in [0, 0.05) is 0 Å². The Labute approximate surface area is 163 Å². The predicted molar refractivity (Wildman–Crippen MR) is 113 cm³/mol. The molecule has 1 N–H and O–H groups in total. The average Bonchev–Trinajstić information content (AvgIpc) is 3.13. The van der Waals surface area contributed by atoms with Crippen LogP contribution in [-0.2, 0) is 6.42 Å². The second-order valence-corrected chi connectivity index (χ2v) is 7.13. The second kappa shape index (κ2) is 6.50. The van der Waals surface area contributed by atoms with E-state index < -0.39 is 5.97 Å². The first kappa shape index (κ1) is 16.5. The van der Waals surface area contributed by atoms with Gasteiger partial charge in [-0.2, -0.15) is 0 Å². The van der Waals surface area contributed by atoms with E-state index in [1.54, 1.807) is 12.1 Å². The summed E-state index contributed by atoms with van der Waals surface area (Å²) in [6.45, 7) is 0. The fraction of sp³-hybridized carbons (Fsp3) is 0.0385. The highest BCUT2D eigenvalue weighted by atomic mass is 16.4. The van der Waals surface area contributed by atoms with E-state index in [0.717, 1.165) is 17.5 Å². The van der Waals surface area contributed by atoms with E-state index >= 15 is 0 Å². The zero-order valence-electron chi connectivity index (χ0n) is 15.2. The van der Waals surface area contributed by atoms with Crippen molar-refractivity contribution in [3.05, 3.63) is 108 Å². The van der Waals surface area contributed by atoms with Crippen molar-refractivity contribution in [3.8, 4) is 33.4 Å². The highest BCUT2D eigenvalue weighted by Gasteiger charge is 2.20. The molecule has 1 aliphatic rings. The number of benzene rings is 4. The van der Waals surface area contributed by atoms with Gasteiger partial charge in [-0.05, 0) is 63.1 Å². The number of carboxylic acids is 1. The van der Waals surface area contributed by atoms with Crippen molar-refractivity contribution in [2.24, 2.45) is 0 Å². The molecular weight excluding hydrogens is 344 g/mol. The van der Waals surface area contributed by atoms with Crippen LogP contribution >= 0.6 is 0 Å². The van der Waals surface area contributed by atoms with Gasteiger partial charge in [-0.3, -0.25) is 0 Å². The van der Waals surface area contributed by atoms with Gasteiger partial charge >= 0.3 is 5.97 Å². The normalized spacial score (nSPS) is 11.7. The van der Waals surface area contributed by atoms with Gasteiger partial charge in [0.1, 0.15) is 0 Å². The van der Waals surface area contributed by atoms with Crippen molar-refractivity contribution in [1.29, 1.82) is 0 Å². The summed E-state index contributed by atoms with van der Waals surface area (Å²) in [5.41, 5.74) is 10.3. The van der Waals surface area contributed by atoms with Crippen LogP contribution in [0.25, 0.3) is 33.4 Å². The molecule has 0 unspecified atom stereocenters. The second-order valence-electron chi connectivity index (χ2n) is 7.13. The average molecular weight is 362 g/mol. The fourth-order valence-corrected chi connectivity index (χ4v) is 4.08. The Morgan fingerprint density at radius 3 is 1.89 bits per heavy atom. The van der Waals surface area contributed by atoms with Crippen LogP contribution in [0.3, 0.4) is 0 Å². The van der Waals surface area contributed by atoms with Crippen molar-refractivity contribution < 1.29 is 9.90 Å². The smallest absolute Gasteiger partial charge is 0.335 e. The van der Waals surface area contributed by atoms with Crippen LogP contribution in [-0.4, -0.2) is 11.1 Å². The molecule has 0 amide bonds. The summed E-state index contributed by atoms with van der Waals surface area (Å²) in [7, 11) is 0. The molecule has 28 heavy (non-hydrogen) atoms. The van der Waals surface area contributed by atoms with Gasteiger partial charge in [0.2, 0.25) is 0 Å². The number of fused-ring (bicyclic) bond motifs is 3. The molecule has 0 spiro atoms. The molecule has 0 heterocycles. The van der Waals surface area contributed by atoms with E-state index in [9.17, 15) is 4.79 Å². The number of carboxylic acid groups (broad SMARTS) is 1. The lowest BCUT2D eigenvalue weighted by Crippen LogP contribution is -1.94. The summed E-state index contributed by atoms with van der Waals surface area (Å²) >= 11 is 0. The molecule has 0 radical (unpaired) electrons. The SMILES string of the molecule is O=C(O)c1ccc(-c2ccc(-c3cccc4c3Cc3ccccc3-4)cc2)cc1. The Morgan fingerprint density at radius 1 is 0.607 bits per heavy atom. The summed E-state index contributed by atoms with van der Waals surface area (Å²) < 4.78 is 0. The summed E-state index contributed by atoms with van der Waals surface area (Å²) in [6, 6.07) is 30.7. The molecule has 1 aliphatic carbocycles. The molecule has 0 saturated heterocycles. The number of rotatable bonds is 3. The van der Waals surface area contributed by atoms with E-state index in [1.165, 1.54) is 33.4 Å². The van der Waals surface area contributed by atoms with Gasteiger partial charge in [0.05, 0.1) is 5.56 Å². The zero-order chi connectivity index (χ0) is 19.1. The summed E-state index contributed by atoms with van der Waals surface area (Å²) in [6.07, 6.45) is 0.972. The Morgan fingerprint density at radius 2 is 1.18 bits per heavy atom. The lowest BCUT2D eigenvalue weighted by atomic mass is 9.94. The van der Waals surface area contributed by atoms with Crippen molar-refractivity contribution in [1.82, 2.24) is 0 Å². The third-order valence-corrected chi connectivity index (χ3v) is 5.51. The molecular formula is C26H18O2. The quantitative estimate of drug-likeness (QED) is 0.409. The molecule has 0 aliphatic heterocycles. The van der Waals surface area contributed by atoms with Crippen LogP contribution in [0.1, 0.15) is 21.5 Å². The van der Waals surface area contributed by atoms with Crippen molar-refractivity contribution in [2.75, 3.05) is 0 Å². The number of hydrogen-bond acceptors (Lipinski definition) is 1. The molecule has 0 saturated carbocycles. The zero-order valence-corrected chi connectivity index (χ0v) is 15.2. The first-order valence-electron chi connectivity index (χ1n) is 9.35. The molecule has 4 aromatic rings. The minimum absolute atomic E-state index is 0.305. The van der Waals surface area contributed by atoms with Crippen LogP contribution in [0, 0.1) is 0 Å². The molecule has 4 aromatic carbocycles. The van der Waals surface area contributed by atoms with E-state index in [4.69, 9.17) is 5.11 Å². The Hall–Kier alpha value is -3.65. The highest BCUT2D eigenvalue weighted by Crippen LogP contribution is 2.41. The Kier molecular flexibility index (Phi) is 3.84. The monoisotopic (exact) mass is 362 g/mol. The van der Waals surface area contributed by atoms with Crippen LogP contribution in [0.4, 0.5) is 0 Å². The minimum Gasteiger partial charge on any atom is -0.478 e. The van der Waals surface area contributed by atoms with Crippen LogP contribution in [0.5, 0.6) is 0 Å². The predicted octanol–water partition coefficient (Wildman–Crippen LogP) is 6.29. The first-order chi connectivity index (χ1) is 13.7. The third-order valence-electron chi connectivity index (χ3n) is 5.51. The molecule has 134 valence electrons. The molecule has 0 fully saturated rings. The van der Waals surface area contributed by atoms with E-state index in [1.807, 2.05) is 12.1 Å². The fourth-order valence-electron chi connectivity index (χ4n) is 4.08. The van der Waals surface area contributed by atoms with E-state index in [2.05, 4.69) is 66.7 Å². The number of carbonyl (C=O) groups is 1. The molecule has 0 atom stereocenters. The van der Waals surface area contributed by atoms with Crippen molar-refractivity contribution >= 4 is 5.97 Å². The lowest BCUT2D eigenvalue weighted by Gasteiger charge is -2.10.